The summed E-state index contributed by atoms with van der Waals surface area (Å²) in [6.07, 6.45) is 4.93. The number of tetrazole rings is 1. The molecule has 1 saturated carbocycles. The third-order valence-electron chi connectivity index (χ3n) is 3.21. The van der Waals surface area contributed by atoms with Crippen LogP contribution in [0.25, 0.3) is 5.69 Å². The molecule has 1 aromatic carbocycles. The first-order chi connectivity index (χ1) is 9.81. The molecule has 1 amide bonds. The van der Waals surface area contributed by atoms with Gasteiger partial charge in [-0.15, -0.1) is 5.10 Å². The predicted octanol–water partition coefficient (Wildman–Crippen LogP) is 1.40. The van der Waals surface area contributed by atoms with Crippen molar-refractivity contribution in [3.05, 3.63) is 30.6 Å². The molecule has 1 aliphatic rings. The lowest BCUT2D eigenvalue weighted by Gasteiger charge is -2.18. The van der Waals surface area contributed by atoms with Gasteiger partial charge in [0.2, 0.25) is 0 Å². The lowest BCUT2D eigenvalue weighted by Crippen LogP contribution is -2.12. The van der Waals surface area contributed by atoms with Crippen LogP contribution in [0.4, 0.5) is 5.69 Å². The minimum Gasteiger partial charge on any atom is -0.315 e. The third-order valence-corrected chi connectivity index (χ3v) is 3.21. The van der Waals surface area contributed by atoms with Crippen molar-refractivity contribution < 1.29 is 4.79 Å². The number of carbonyl (C=O) groups is 1. The molecule has 1 fully saturated rings. The zero-order chi connectivity index (χ0) is 13.8. The van der Waals surface area contributed by atoms with E-state index in [0.29, 0.717) is 11.6 Å². The second-order valence-corrected chi connectivity index (χ2v) is 4.66. The van der Waals surface area contributed by atoms with E-state index in [-0.39, 0.29) is 5.91 Å². The van der Waals surface area contributed by atoms with Gasteiger partial charge >= 0.3 is 0 Å². The number of amides is 1. The van der Waals surface area contributed by atoms with Gasteiger partial charge in [0, 0.05) is 11.6 Å². The summed E-state index contributed by atoms with van der Waals surface area (Å²) >= 11 is 0. The molecule has 6 heteroatoms. The molecular weight excluding hydrogens is 254 g/mol. The lowest BCUT2D eigenvalue weighted by atomic mass is 9.86. The number of hydrogen-bond acceptors (Lipinski definition) is 4. The molecule has 0 unspecified atom stereocenters. The van der Waals surface area contributed by atoms with Gasteiger partial charge in [0.15, 0.2) is 0 Å². The highest BCUT2D eigenvalue weighted by molar-refractivity contribution is 6.04. The van der Waals surface area contributed by atoms with E-state index in [0.717, 1.165) is 18.5 Å². The van der Waals surface area contributed by atoms with Crippen molar-refractivity contribution in [1.29, 1.82) is 0 Å². The Morgan fingerprint density at radius 3 is 3.00 bits per heavy atom. The first-order valence-corrected chi connectivity index (χ1v) is 6.47. The van der Waals surface area contributed by atoms with Gasteiger partial charge in [0.25, 0.3) is 5.91 Å². The van der Waals surface area contributed by atoms with Crippen LogP contribution in [0.1, 0.15) is 19.3 Å². The van der Waals surface area contributed by atoms with E-state index in [9.17, 15) is 4.79 Å². The molecule has 1 heterocycles. The summed E-state index contributed by atoms with van der Waals surface area (Å²) in [4.78, 5) is 11.7. The number of benzene rings is 1. The summed E-state index contributed by atoms with van der Waals surface area (Å²) in [5.41, 5.74) is 1.45. The van der Waals surface area contributed by atoms with Gasteiger partial charge in [-0.25, -0.2) is 4.68 Å². The Kier molecular flexibility index (Phi) is 3.42. The first-order valence-electron chi connectivity index (χ1n) is 6.47. The van der Waals surface area contributed by atoms with E-state index in [1.54, 1.807) is 12.1 Å². The summed E-state index contributed by atoms with van der Waals surface area (Å²) in [5.74, 6) is 5.73. The standard InChI is InChI=1S/C14H13N5O/c20-14(8-7-11-3-1-4-11)16-12-5-2-6-13(9-12)19-10-15-17-18-19/h2,5-6,9-11H,1,3-4H2,(H,16,20). The van der Waals surface area contributed by atoms with Crippen molar-refractivity contribution in [3.63, 3.8) is 0 Å². The maximum atomic E-state index is 11.7. The fourth-order valence-corrected chi connectivity index (χ4v) is 1.89. The van der Waals surface area contributed by atoms with Crippen LogP contribution in [0, 0.1) is 17.8 Å². The van der Waals surface area contributed by atoms with Gasteiger partial charge in [0.1, 0.15) is 6.33 Å². The molecule has 1 aliphatic carbocycles. The minimum atomic E-state index is -0.286. The second-order valence-electron chi connectivity index (χ2n) is 4.66. The molecule has 0 atom stereocenters. The number of anilines is 1. The molecule has 3 rings (SSSR count). The van der Waals surface area contributed by atoms with Gasteiger partial charge in [-0.3, -0.25) is 4.79 Å². The zero-order valence-corrected chi connectivity index (χ0v) is 10.8. The van der Waals surface area contributed by atoms with Crippen molar-refractivity contribution in [2.45, 2.75) is 19.3 Å². The van der Waals surface area contributed by atoms with Gasteiger partial charge in [0.05, 0.1) is 5.69 Å². The molecule has 6 nitrogen and oxygen atoms in total. The Morgan fingerprint density at radius 2 is 2.30 bits per heavy atom. The molecule has 100 valence electrons. The third kappa shape index (κ3) is 2.83. The quantitative estimate of drug-likeness (QED) is 0.835. The molecule has 1 aromatic heterocycles. The van der Waals surface area contributed by atoms with E-state index in [1.165, 1.54) is 17.4 Å². The highest BCUT2D eigenvalue weighted by Crippen LogP contribution is 2.24. The summed E-state index contributed by atoms with van der Waals surface area (Å²) in [7, 11) is 0. The summed E-state index contributed by atoms with van der Waals surface area (Å²) < 4.78 is 1.52. The average Bonchev–Trinajstić information content (AvgIpc) is 2.91. The molecule has 20 heavy (non-hydrogen) atoms. The Morgan fingerprint density at radius 1 is 1.40 bits per heavy atom. The Labute approximate surface area is 116 Å². The van der Waals surface area contributed by atoms with Crippen molar-refractivity contribution in [1.82, 2.24) is 20.2 Å². The zero-order valence-electron chi connectivity index (χ0n) is 10.8. The molecule has 0 spiro atoms. The van der Waals surface area contributed by atoms with Crippen LogP contribution in [0.5, 0.6) is 0 Å². The molecule has 0 radical (unpaired) electrons. The number of aromatic nitrogens is 4. The Hall–Kier alpha value is -2.68. The molecule has 2 aromatic rings. The van der Waals surface area contributed by atoms with Gasteiger partial charge in [-0.1, -0.05) is 18.4 Å². The van der Waals surface area contributed by atoms with E-state index < -0.39 is 0 Å². The van der Waals surface area contributed by atoms with Crippen LogP contribution < -0.4 is 5.32 Å². The lowest BCUT2D eigenvalue weighted by molar-refractivity contribution is -0.111. The Bertz CT molecular complexity index is 664. The molecule has 0 aliphatic heterocycles. The monoisotopic (exact) mass is 267 g/mol. The largest absolute Gasteiger partial charge is 0.315 e. The SMILES string of the molecule is O=C(C#CC1CCC1)Nc1cccc(-n2cnnn2)c1. The highest BCUT2D eigenvalue weighted by atomic mass is 16.1. The summed E-state index contributed by atoms with van der Waals surface area (Å²) in [6, 6.07) is 7.27. The van der Waals surface area contributed by atoms with Crippen LogP contribution >= 0.6 is 0 Å². The van der Waals surface area contributed by atoms with E-state index in [1.807, 2.05) is 12.1 Å². The second kappa shape index (κ2) is 5.53. The first kappa shape index (κ1) is 12.4. The molecule has 0 saturated heterocycles. The normalized spacial score (nSPS) is 14.0. The number of nitrogens with zero attached hydrogens (tertiary/aromatic N) is 4. The average molecular weight is 267 g/mol. The fourth-order valence-electron chi connectivity index (χ4n) is 1.89. The number of nitrogens with one attached hydrogen (secondary N) is 1. The predicted molar refractivity (Wildman–Crippen MR) is 72.9 cm³/mol. The van der Waals surface area contributed by atoms with Crippen LogP contribution in [0.3, 0.4) is 0 Å². The molecular formula is C14H13N5O. The maximum Gasteiger partial charge on any atom is 0.300 e. The Balaban J connectivity index is 1.69. The van der Waals surface area contributed by atoms with E-state index in [2.05, 4.69) is 32.7 Å². The summed E-state index contributed by atoms with van der Waals surface area (Å²) in [5, 5.41) is 13.7. The van der Waals surface area contributed by atoms with Crippen molar-refractivity contribution in [3.8, 4) is 17.5 Å². The van der Waals surface area contributed by atoms with Crippen LogP contribution in [0.2, 0.25) is 0 Å². The number of rotatable bonds is 2. The van der Waals surface area contributed by atoms with Crippen molar-refractivity contribution in [2.24, 2.45) is 5.92 Å². The van der Waals surface area contributed by atoms with E-state index in [4.69, 9.17) is 0 Å². The smallest absolute Gasteiger partial charge is 0.300 e. The highest BCUT2D eigenvalue weighted by Gasteiger charge is 2.14. The van der Waals surface area contributed by atoms with Gasteiger partial charge < -0.3 is 5.32 Å². The summed E-state index contributed by atoms with van der Waals surface area (Å²) in [6.45, 7) is 0. The van der Waals surface area contributed by atoms with Gasteiger partial charge in [-0.2, -0.15) is 0 Å². The maximum absolute atomic E-state index is 11.7. The van der Waals surface area contributed by atoms with Crippen LogP contribution in [0.15, 0.2) is 30.6 Å². The fraction of sp³-hybridized carbons (Fsp3) is 0.286. The van der Waals surface area contributed by atoms with E-state index >= 15 is 0 Å². The van der Waals surface area contributed by atoms with Crippen molar-refractivity contribution in [2.75, 3.05) is 5.32 Å². The molecule has 1 N–H and O–H groups in total. The van der Waals surface area contributed by atoms with Crippen LogP contribution in [-0.4, -0.2) is 26.1 Å². The van der Waals surface area contributed by atoms with Crippen molar-refractivity contribution >= 4 is 11.6 Å². The number of carbonyl (C=O) groups excluding carboxylic acids is 1. The minimum absolute atomic E-state index is 0.286. The topological polar surface area (TPSA) is 72.7 Å². The van der Waals surface area contributed by atoms with Crippen LogP contribution in [-0.2, 0) is 4.79 Å². The van der Waals surface area contributed by atoms with Gasteiger partial charge in [-0.05, 0) is 47.4 Å². The molecule has 0 bridgehead atoms. The number of hydrogen-bond donors (Lipinski definition) is 1.